The maximum absolute atomic E-state index is 12.8. The molecule has 1 saturated heterocycles. The van der Waals surface area contributed by atoms with Gasteiger partial charge >= 0.3 is 0 Å². The van der Waals surface area contributed by atoms with Gasteiger partial charge in [0.1, 0.15) is 11.9 Å². The third-order valence-electron chi connectivity index (χ3n) is 7.02. The van der Waals surface area contributed by atoms with Gasteiger partial charge in [0.2, 0.25) is 0 Å². The number of carbonyl (C=O) groups is 1. The van der Waals surface area contributed by atoms with Gasteiger partial charge in [-0.1, -0.05) is 60.7 Å². The molecule has 0 bridgehead atoms. The second-order valence-corrected chi connectivity index (χ2v) is 9.60. The molecule has 35 heavy (non-hydrogen) atoms. The summed E-state index contributed by atoms with van der Waals surface area (Å²) in [6.45, 7) is 4.15. The van der Waals surface area contributed by atoms with Gasteiger partial charge in [0, 0.05) is 24.9 Å². The third-order valence-corrected chi connectivity index (χ3v) is 7.02. The fourth-order valence-corrected chi connectivity index (χ4v) is 4.87. The summed E-state index contributed by atoms with van der Waals surface area (Å²) in [6.07, 6.45) is 4.83. The topological polar surface area (TPSA) is 41.6 Å². The lowest BCUT2D eigenvalue weighted by molar-refractivity contribution is 0.0961. The summed E-state index contributed by atoms with van der Waals surface area (Å²) in [6, 6.07) is 28.7. The van der Waals surface area contributed by atoms with Crippen molar-refractivity contribution in [2.24, 2.45) is 5.92 Å². The van der Waals surface area contributed by atoms with Crippen LogP contribution in [0.4, 0.5) is 0 Å². The predicted molar refractivity (Wildman–Crippen MR) is 143 cm³/mol. The highest BCUT2D eigenvalue weighted by molar-refractivity contribution is 5.96. The minimum atomic E-state index is -0.0158. The van der Waals surface area contributed by atoms with E-state index in [1.807, 2.05) is 49.5 Å². The Hall–Kier alpha value is -2.95. The molecule has 3 aromatic carbocycles. The highest BCUT2D eigenvalue weighted by Gasteiger charge is 2.20. The fourth-order valence-electron chi connectivity index (χ4n) is 4.87. The van der Waals surface area contributed by atoms with Crippen LogP contribution in [0.2, 0.25) is 0 Å². The molecule has 0 aliphatic carbocycles. The number of ketones is 1. The number of ether oxygens (including phenoxy) is 1. The predicted octanol–water partition coefficient (Wildman–Crippen LogP) is 6.29. The van der Waals surface area contributed by atoms with Crippen molar-refractivity contribution in [1.29, 1.82) is 0 Å². The maximum Gasteiger partial charge on any atom is 0.162 e. The normalized spacial score (nSPS) is 15.6. The summed E-state index contributed by atoms with van der Waals surface area (Å²) in [5, 5.41) is 3.20. The summed E-state index contributed by atoms with van der Waals surface area (Å²) in [5.41, 5.74) is 3.33. The molecule has 1 heterocycles. The van der Waals surface area contributed by atoms with Gasteiger partial charge in [-0.3, -0.25) is 9.69 Å². The number of nitrogens with zero attached hydrogens (tertiary/aromatic N) is 1. The highest BCUT2D eigenvalue weighted by atomic mass is 16.5. The minimum Gasteiger partial charge on any atom is -0.486 e. The summed E-state index contributed by atoms with van der Waals surface area (Å²) in [5.74, 6) is 1.68. The summed E-state index contributed by atoms with van der Waals surface area (Å²) in [4.78, 5) is 15.4. The number of nitrogens with one attached hydrogen (secondary N) is 1. The number of likely N-dealkylation sites (tertiary alicyclic amines) is 1. The molecule has 1 fully saturated rings. The lowest BCUT2D eigenvalue weighted by Crippen LogP contribution is -2.33. The van der Waals surface area contributed by atoms with Gasteiger partial charge in [0.15, 0.2) is 5.78 Å². The van der Waals surface area contributed by atoms with Crippen molar-refractivity contribution in [3.63, 3.8) is 0 Å². The van der Waals surface area contributed by atoms with Crippen LogP contribution < -0.4 is 10.1 Å². The third kappa shape index (κ3) is 7.78. The smallest absolute Gasteiger partial charge is 0.162 e. The van der Waals surface area contributed by atoms with E-state index in [0.717, 1.165) is 55.9 Å². The van der Waals surface area contributed by atoms with E-state index < -0.39 is 0 Å². The molecule has 0 radical (unpaired) electrons. The zero-order chi connectivity index (χ0) is 24.3. The van der Waals surface area contributed by atoms with Crippen LogP contribution in [0.15, 0.2) is 84.9 Å². The van der Waals surface area contributed by atoms with Gasteiger partial charge in [0.25, 0.3) is 0 Å². The fraction of sp³-hybridized carbons (Fsp3) is 0.387. The molecular formula is C31H38N2O2. The minimum absolute atomic E-state index is 0.0158. The van der Waals surface area contributed by atoms with Crippen LogP contribution in [0.3, 0.4) is 0 Å². The highest BCUT2D eigenvalue weighted by Crippen LogP contribution is 2.27. The number of Topliss-reactive ketones (excluding diaryl/α,β-unsaturated/α-hetero) is 1. The molecule has 0 saturated carbocycles. The number of rotatable bonds is 12. The molecular weight excluding hydrogens is 432 g/mol. The molecule has 0 amide bonds. The Labute approximate surface area is 210 Å². The van der Waals surface area contributed by atoms with Gasteiger partial charge in [-0.2, -0.15) is 0 Å². The lowest BCUT2D eigenvalue weighted by Gasteiger charge is -2.32. The van der Waals surface area contributed by atoms with E-state index in [1.165, 1.54) is 18.4 Å². The Morgan fingerprint density at radius 1 is 0.943 bits per heavy atom. The van der Waals surface area contributed by atoms with Crippen LogP contribution in [-0.2, 0) is 6.54 Å². The van der Waals surface area contributed by atoms with Crippen molar-refractivity contribution in [2.45, 2.75) is 44.8 Å². The van der Waals surface area contributed by atoms with Crippen LogP contribution in [0, 0.1) is 5.92 Å². The molecule has 1 N–H and O–H groups in total. The van der Waals surface area contributed by atoms with E-state index in [9.17, 15) is 4.79 Å². The summed E-state index contributed by atoms with van der Waals surface area (Å²) < 4.78 is 6.29. The molecule has 4 rings (SSSR count). The number of carbonyl (C=O) groups excluding carboxylic acids is 1. The molecule has 1 aliphatic heterocycles. The first-order valence-electron chi connectivity index (χ1n) is 13.0. The molecule has 184 valence electrons. The first kappa shape index (κ1) is 25.2. The first-order chi connectivity index (χ1) is 17.2. The summed E-state index contributed by atoms with van der Waals surface area (Å²) in [7, 11) is 1.95. The van der Waals surface area contributed by atoms with Crippen molar-refractivity contribution in [3.05, 3.63) is 102 Å². The molecule has 1 unspecified atom stereocenters. The maximum atomic E-state index is 12.8. The number of hydrogen-bond donors (Lipinski definition) is 1. The average molecular weight is 471 g/mol. The zero-order valence-corrected chi connectivity index (χ0v) is 20.9. The monoisotopic (exact) mass is 470 g/mol. The van der Waals surface area contributed by atoms with Crippen LogP contribution in [-0.4, -0.2) is 37.4 Å². The molecule has 4 nitrogen and oxygen atoms in total. The van der Waals surface area contributed by atoms with Crippen LogP contribution in [0.25, 0.3) is 0 Å². The van der Waals surface area contributed by atoms with Crippen LogP contribution in [0.5, 0.6) is 5.75 Å². The molecule has 0 spiro atoms. The first-order valence-corrected chi connectivity index (χ1v) is 13.0. The average Bonchev–Trinajstić information content (AvgIpc) is 2.92. The van der Waals surface area contributed by atoms with E-state index in [1.54, 1.807) is 0 Å². The Morgan fingerprint density at radius 3 is 2.26 bits per heavy atom. The van der Waals surface area contributed by atoms with Gasteiger partial charge in [-0.25, -0.2) is 0 Å². The van der Waals surface area contributed by atoms with E-state index >= 15 is 0 Å². The lowest BCUT2D eigenvalue weighted by atomic mass is 9.90. The summed E-state index contributed by atoms with van der Waals surface area (Å²) >= 11 is 0. The van der Waals surface area contributed by atoms with E-state index in [4.69, 9.17) is 4.74 Å². The van der Waals surface area contributed by atoms with Crippen LogP contribution in [0.1, 0.15) is 59.7 Å². The van der Waals surface area contributed by atoms with Crippen molar-refractivity contribution < 1.29 is 9.53 Å². The molecule has 0 aromatic heterocycles. The van der Waals surface area contributed by atoms with Crippen molar-refractivity contribution in [3.8, 4) is 5.75 Å². The van der Waals surface area contributed by atoms with Gasteiger partial charge in [-0.05, 0) is 87.3 Å². The van der Waals surface area contributed by atoms with Crippen molar-refractivity contribution >= 4 is 5.78 Å². The quantitative estimate of drug-likeness (QED) is 0.316. The molecule has 1 atom stereocenters. The van der Waals surface area contributed by atoms with Crippen molar-refractivity contribution in [1.82, 2.24) is 10.2 Å². The van der Waals surface area contributed by atoms with E-state index in [2.05, 4.69) is 52.7 Å². The second-order valence-electron chi connectivity index (χ2n) is 9.60. The molecule has 1 aliphatic rings. The van der Waals surface area contributed by atoms with Gasteiger partial charge in [-0.15, -0.1) is 0 Å². The van der Waals surface area contributed by atoms with Crippen molar-refractivity contribution in [2.75, 3.05) is 26.7 Å². The standard InChI is InChI=1S/C31H38N2O2/c1-32-21-18-31(28-10-6-3-7-11-28)35-29-15-13-27(14-16-29)30(34)17-12-25-19-22-33(23-20-25)24-26-8-4-2-5-9-26/h2-11,13-16,25,31-32H,12,17-24H2,1H3. The Kier molecular flexibility index (Phi) is 9.50. The van der Waals surface area contributed by atoms with E-state index in [-0.39, 0.29) is 11.9 Å². The van der Waals surface area contributed by atoms with E-state index in [0.29, 0.717) is 12.3 Å². The number of piperidine rings is 1. The van der Waals surface area contributed by atoms with Gasteiger partial charge < -0.3 is 10.1 Å². The number of benzene rings is 3. The SMILES string of the molecule is CNCCC(Oc1ccc(C(=O)CCC2CCN(Cc3ccccc3)CC2)cc1)c1ccccc1. The Balaban J connectivity index is 1.23. The Morgan fingerprint density at radius 2 is 1.60 bits per heavy atom. The van der Waals surface area contributed by atoms with Gasteiger partial charge in [0.05, 0.1) is 0 Å². The molecule has 3 aromatic rings. The van der Waals surface area contributed by atoms with Crippen LogP contribution >= 0.6 is 0 Å². The molecule has 4 heteroatoms. The Bertz CT molecular complexity index is 1010. The zero-order valence-electron chi connectivity index (χ0n) is 20.9. The second kappa shape index (κ2) is 13.2. The number of hydrogen-bond acceptors (Lipinski definition) is 4. The largest absolute Gasteiger partial charge is 0.486 e.